The maximum absolute atomic E-state index is 11.7. The molecule has 1 aromatic heterocycles. The fourth-order valence-corrected chi connectivity index (χ4v) is 2.03. The number of nitrogens with one attached hydrogen (secondary N) is 1. The third-order valence-electron chi connectivity index (χ3n) is 2.51. The van der Waals surface area contributed by atoms with Crippen LogP contribution in [0, 0.1) is 0 Å². The van der Waals surface area contributed by atoms with E-state index in [1.807, 2.05) is 0 Å². The number of aryl methyl sites for hydroxylation is 1. The third-order valence-corrected chi connectivity index (χ3v) is 3.44. The second-order valence-corrected chi connectivity index (χ2v) is 5.60. The Morgan fingerprint density at radius 2 is 2.00 bits per heavy atom. The number of hydrogen-bond acceptors (Lipinski definition) is 5. The standard InChI is InChI=1S/C11H13N5O3S/c12-20(18,19)10-3-1-9(2-4-10)14-11(17)5-7-16-8-6-13-15-16/h1-4,6,8H,5,7H2,(H,14,17)(H2,12,18,19). The molecule has 0 atom stereocenters. The number of anilines is 1. The highest BCUT2D eigenvalue weighted by Crippen LogP contribution is 2.12. The number of nitrogens with zero attached hydrogens (tertiary/aromatic N) is 3. The number of sulfonamides is 1. The molecule has 1 aromatic carbocycles. The Hall–Kier alpha value is -2.26. The molecule has 2 aromatic rings. The summed E-state index contributed by atoms with van der Waals surface area (Å²) in [7, 11) is -3.72. The highest BCUT2D eigenvalue weighted by atomic mass is 32.2. The van der Waals surface area contributed by atoms with Gasteiger partial charge in [-0.3, -0.25) is 9.48 Å². The fraction of sp³-hybridized carbons (Fsp3) is 0.182. The lowest BCUT2D eigenvalue weighted by molar-refractivity contribution is -0.116. The zero-order chi connectivity index (χ0) is 14.6. The van der Waals surface area contributed by atoms with Gasteiger partial charge in [0.05, 0.1) is 17.6 Å². The molecule has 0 saturated carbocycles. The van der Waals surface area contributed by atoms with Gasteiger partial charge in [0.1, 0.15) is 0 Å². The first-order chi connectivity index (χ1) is 9.45. The van der Waals surface area contributed by atoms with Crippen molar-refractivity contribution >= 4 is 21.6 Å². The Morgan fingerprint density at radius 3 is 2.55 bits per heavy atom. The molecule has 0 aliphatic heterocycles. The molecule has 0 fully saturated rings. The lowest BCUT2D eigenvalue weighted by Gasteiger charge is -2.06. The van der Waals surface area contributed by atoms with Crippen molar-refractivity contribution < 1.29 is 13.2 Å². The molecular weight excluding hydrogens is 282 g/mol. The zero-order valence-electron chi connectivity index (χ0n) is 10.4. The summed E-state index contributed by atoms with van der Waals surface area (Å²) in [6, 6.07) is 5.63. The highest BCUT2D eigenvalue weighted by Gasteiger charge is 2.08. The lowest BCUT2D eigenvalue weighted by Crippen LogP contribution is -2.15. The summed E-state index contributed by atoms with van der Waals surface area (Å²) in [4.78, 5) is 11.7. The number of aromatic nitrogens is 3. The average Bonchev–Trinajstić information content (AvgIpc) is 2.89. The topological polar surface area (TPSA) is 120 Å². The minimum Gasteiger partial charge on any atom is -0.326 e. The molecule has 3 N–H and O–H groups in total. The van der Waals surface area contributed by atoms with Crippen molar-refractivity contribution in [2.45, 2.75) is 17.9 Å². The van der Waals surface area contributed by atoms with Crippen molar-refractivity contribution in [3.05, 3.63) is 36.7 Å². The monoisotopic (exact) mass is 295 g/mol. The Labute approximate surface area is 115 Å². The molecule has 0 unspecified atom stereocenters. The summed E-state index contributed by atoms with van der Waals surface area (Å²) in [6.07, 6.45) is 3.43. The molecule has 1 amide bonds. The first-order valence-corrected chi connectivity index (χ1v) is 7.26. The third kappa shape index (κ3) is 3.87. The maximum Gasteiger partial charge on any atom is 0.238 e. The van der Waals surface area contributed by atoms with Gasteiger partial charge >= 0.3 is 0 Å². The molecule has 0 aliphatic rings. The predicted molar refractivity (Wildman–Crippen MR) is 71.1 cm³/mol. The minimum atomic E-state index is -3.72. The summed E-state index contributed by atoms with van der Waals surface area (Å²) >= 11 is 0. The molecular formula is C11H13N5O3S. The first-order valence-electron chi connectivity index (χ1n) is 5.72. The molecule has 106 valence electrons. The van der Waals surface area contributed by atoms with E-state index in [4.69, 9.17) is 5.14 Å². The van der Waals surface area contributed by atoms with Crippen molar-refractivity contribution in [1.82, 2.24) is 15.0 Å². The van der Waals surface area contributed by atoms with Gasteiger partial charge in [-0.15, -0.1) is 5.10 Å². The van der Waals surface area contributed by atoms with Gasteiger partial charge < -0.3 is 5.32 Å². The predicted octanol–water partition coefficient (Wildman–Crippen LogP) is -0.0457. The van der Waals surface area contributed by atoms with Gasteiger partial charge in [-0.05, 0) is 24.3 Å². The van der Waals surface area contributed by atoms with E-state index in [0.717, 1.165) is 0 Å². The van der Waals surface area contributed by atoms with E-state index < -0.39 is 10.0 Å². The summed E-state index contributed by atoms with van der Waals surface area (Å²) in [6.45, 7) is 0.418. The van der Waals surface area contributed by atoms with Crippen LogP contribution in [0.5, 0.6) is 0 Å². The zero-order valence-corrected chi connectivity index (χ0v) is 11.2. The number of primary sulfonamides is 1. The number of carbonyl (C=O) groups is 1. The number of carbonyl (C=O) groups excluding carboxylic acids is 1. The Bertz CT molecular complexity index is 679. The second-order valence-electron chi connectivity index (χ2n) is 4.03. The quantitative estimate of drug-likeness (QED) is 0.801. The van der Waals surface area contributed by atoms with Gasteiger partial charge in [-0.1, -0.05) is 5.21 Å². The normalized spacial score (nSPS) is 11.2. The lowest BCUT2D eigenvalue weighted by atomic mass is 10.3. The van der Waals surface area contributed by atoms with Crippen LogP contribution in [-0.4, -0.2) is 29.3 Å². The average molecular weight is 295 g/mol. The van der Waals surface area contributed by atoms with Crippen molar-refractivity contribution in [2.24, 2.45) is 5.14 Å². The minimum absolute atomic E-state index is 0.00175. The van der Waals surface area contributed by atoms with Gasteiger partial charge in [-0.25, -0.2) is 13.6 Å². The van der Waals surface area contributed by atoms with Crippen molar-refractivity contribution in [3.63, 3.8) is 0 Å². The fourth-order valence-electron chi connectivity index (χ4n) is 1.52. The van der Waals surface area contributed by atoms with Gasteiger partial charge in [0.2, 0.25) is 15.9 Å². The van der Waals surface area contributed by atoms with Crippen LogP contribution in [0.4, 0.5) is 5.69 Å². The van der Waals surface area contributed by atoms with Crippen LogP contribution in [0.15, 0.2) is 41.6 Å². The summed E-state index contributed by atoms with van der Waals surface area (Å²) in [5.74, 6) is -0.205. The number of amides is 1. The number of nitrogens with two attached hydrogens (primary N) is 1. The van der Waals surface area contributed by atoms with Crippen LogP contribution < -0.4 is 10.5 Å². The molecule has 0 spiro atoms. The molecule has 0 radical (unpaired) electrons. The van der Waals surface area contributed by atoms with Gasteiger partial charge in [0.25, 0.3) is 0 Å². The van der Waals surface area contributed by atoms with Gasteiger partial charge in [0, 0.05) is 18.3 Å². The van der Waals surface area contributed by atoms with Crippen LogP contribution in [0.3, 0.4) is 0 Å². The second kappa shape index (κ2) is 5.80. The van der Waals surface area contributed by atoms with E-state index >= 15 is 0 Å². The number of rotatable bonds is 5. The van der Waals surface area contributed by atoms with Gasteiger partial charge in [-0.2, -0.15) is 0 Å². The number of benzene rings is 1. The van der Waals surface area contributed by atoms with E-state index in [2.05, 4.69) is 15.6 Å². The van der Waals surface area contributed by atoms with Crippen molar-refractivity contribution in [2.75, 3.05) is 5.32 Å². The first kappa shape index (κ1) is 14.2. The molecule has 9 heteroatoms. The van der Waals surface area contributed by atoms with E-state index in [0.29, 0.717) is 12.2 Å². The summed E-state index contributed by atoms with van der Waals surface area (Å²) in [5.41, 5.74) is 0.501. The molecule has 0 bridgehead atoms. The maximum atomic E-state index is 11.7. The van der Waals surface area contributed by atoms with Crippen LogP contribution in [0.2, 0.25) is 0 Å². The van der Waals surface area contributed by atoms with Crippen LogP contribution in [0.1, 0.15) is 6.42 Å². The Morgan fingerprint density at radius 1 is 1.30 bits per heavy atom. The van der Waals surface area contributed by atoms with Crippen LogP contribution >= 0.6 is 0 Å². The van der Waals surface area contributed by atoms with E-state index in [1.165, 1.54) is 30.5 Å². The number of hydrogen-bond donors (Lipinski definition) is 2. The van der Waals surface area contributed by atoms with Crippen LogP contribution in [0.25, 0.3) is 0 Å². The molecule has 8 nitrogen and oxygen atoms in total. The SMILES string of the molecule is NS(=O)(=O)c1ccc(NC(=O)CCn2ccnn2)cc1. The van der Waals surface area contributed by atoms with Crippen LogP contribution in [-0.2, 0) is 21.4 Å². The van der Waals surface area contributed by atoms with E-state index in [9.17, 15) is 13.2 Å². The molecule has 1 heterocycles. The van der Waals surface area contributed by atoms with E-state index in [-0.39, 0.29) is 17.2 Å². The largest absolute Gasteiger partial charge is 0.326 e. The Kier molecular flexibility index (Phi) is 4.11. The van der Waals surface area contributed by atoms with Crippen molar-refractivity contribution in [3.8, 4) is 0 Å². The molecule has 2 rings (SSSR count). The summed E-state index contributed by atoms with van der Waals surface area (Å²) in [5, 5.41) is 15.0. The van der Waals surface area contributed by atoms with Crippen molar-refractivity contribution in [1.29, 1.82) is 0 Å². The van der Waals surface area contributed by atoms with E-state index in [1.54, 1.807) is 10.9 Å². The smallest absolute Gasteiger partial charge is 0.238 e. The Balaban J connectivity index is 1.91. The molecule has 20 heavy (non-hydrogen) atoms. The molecule has 0 aliphatic carbocycles. The molecule has 0 saturated heterocycles. The van der Waals surface area contributed by atoms with Gasteiger partial charge in [0.15, 0.2) is 0 Å². The highest BCUT2D eigenvalue weighted by molar-refractivity contribution is 7.89. The summed E-state index contributed by atoms with van der Waals surface area (Å²) < 4.78 is 23.7.